The van der Waals surface area contributed by atoms with Gasteiger partial charge in [0.1, 0.15) is 0 Å². The molecule has 0 atom stereocenters. The van der Waals surface area contributed by atoms with Crippen molar-refractivity contribution in [1.29, 1.82) is 0 Å². The van der Waals surface area contributed by atoms with Crippen LogP contribution >= 0.6 is 0 Å². The molecule has 0 saturated carbocycles. The van der Waals surface area contributed by atoms with Crippen LogP contribution in [-0.2, 0) is 4.79 Å². The van der Waals surface area contributed by atoms with E-state index in [9.17, 15) is 14.4 Å². The molecular weight excluding hydrogens is 228 g/mol. The number of nitrogens with zero attached hydrogens (tertiary/aromatic N) is 1. The number of aromatic carboxylic acids is 1. The van der Waals surface area contributed by atoms with Crippen molar-refractivity contribution in [3.63, 3.8) is 0 Å². The van der Waals surface area contributed by atoms with Crippen LogP contribution in [-0.4, -0.2) is 33.3 Å². The minimum Gasteiger partial charge on any atom is -0.478 e. The first kappa shape index (κ1) is 12.7. The van der Waals surface area contributed by atoms with Gasteiger partial charge in [0.25, 0.3) is 11.8 Å². The molecule has 0 aliphatic carbocycles. The highest BCUT2D eigenvalue weighted by molar-refractivity contribution is 6.04. The number of carboxylic acid groups (broad SMARTS) is 1. The van der Waals surface area contributed by atoms with Crippen LogP contribution in [0, 0.1) is 0 Å². The summed E-state index contributed by atoms with van der Waals surface area (Å²) in [5.41, 5.74) is 1.46. The predicted octanol–water partition coefficient (Wildman–Crippen LogP) is 0.267. The van der Waals surface area contributed by atoms with E-state index in [4.69, 9.17) is 10.3 Å². The summed E-state index contributed by atoms with van der Waals surface area (Å²) in [6.45, 7) is 1.03. The van der Waals surface area contributed by atoms with E-state index in [0.29, 0.717) is 0 Å². The zero-order chi connectivity index (χ0) is 13.0. The van der Waals surface area contributed by atoms with E-state index in [-0.39, 0.29) is 16.3 Å². The average Bonchev–Trinajstić information content (AvgIpc) is 2.28. The minimum atomic E-state index is -1.27. The molecule has 1 rings (SSSR count). The molecule has 0 aliphatic heterocycles. The van der Waals surface area contributed by atoms with Crippen molar-refractivity contribution in [2.24, 2.45) is 0 Å². The van der Waals surface area contributed by atoms with Crippen LogP contribution < -0.4 is 5.43 Å². The number of amides is 2. The number of carbonyl (C=O) groups is 3. The maximum Gasteiger partial charge on any atom is 0.336 e. The molecule has 3 N–H and O–H groups in total. The minimum absolute atomic E-state index is 0.0129. The van der Waals surface area contributed by atoms with Gasteiger partial charge in [0.05, 0.1) is 11.1 Å². The molecule has 0 radical (unpaired) electrons. The Morgan fingerprint density at radius 1 is 1.18 bits per heavy atom. The molecule has 0 aromatic heterocycles. The van der Waals surface area contributed by atoms with Gasteiger partial charge in [-0.2, -0.15) is 0 Å². The molecule has 0 aliphatic rings. The summed E-state index contributed by atoms with van der Waals surface area (Å²) in [7, 11) is 0. The fourth-order valence-electron chi connectivity index (χ4n) is 1.10. The molecule has 7 heteroatoms. The molecule has 0 heterocycles. The average molecular weight is 238 g/mol. The molecular formula is C10H10N2O5. The van der Waals surface area contributed by atoms with Crippen molar-refractivity contribution < 1.29 is 24.7 Å². The number of rotatable bonds is 2. The van der Waals surface area contributed by atoms with Gasteiger partial charge in [0.2, 0.25) is 0 Å². The highest BCUT2D eigenvalue weighted by Gasteiger charge is 2.18. The second-order valence-corrected chi connectivity index (χ2v) is 3.12. The monoisotopic (exact) mass is 238 g/mol. The van der Waals surface area contributed by atoms with Gasteiger partial charge >= 0.3 is 5.97 Å². The molecule has 0 saturated heterocycles. The van der Waals surface area contributed by atoms with Crippen LogP contribution in [0.3, 0.4) is 0 Å². The van der Waals surface area contributed by atoms with Gasteiger partial charge in [-0.05, 0) is 12.1 Å². The quantitative estimate of drug-likeness (QED) is 0.506. The second kappa shape index (κ2) is 5.08. The normalized spacial score (nSPS) is 9.53. The van der Waals surface area contributed by atoms with Crippen LogP contribution in [0.5, 0.6) is 0 Å². The maximum absolute atomic E-state index is 11.6. The largest absolute Gasteiger partial charge is 0.478 e. The van der Waals surface area contributed by atoms with E-state index < -0.39 is 17.8 Å². The van der Waals surface area contributed by atoms with Gasteiger partial charge in [-0.15, -0.1) is 5.17 Å². The SMILES string of the molecule is CC(=O)N(O)NC(=O)c1ccccc1C(=O)O. The van der Waals surface area contributed by atoms with E-state index in [1.807, 2.05) is 5.43 Å². The highest BCUT2D eigenvalue weighted by atomic mass is 16.6. The summed E-state index contributed by atoms with van der Waals surface area (Å²) < 4.78 is 0. The van der Waals surface area contributed by atoms with Crippen molar-refractivity contribution in [2.75, 3.05) is 0 Å². The third-order valence-corrected chi connectivity index (χ3v) is 1.91. The van der Waals surface area contributed by atoms with Crippen LogP contribution in [0.25, 0.3) is 0 Å². The van der Waals surface area contributed by atoms with E-state index in [0.717, 1.165) is 6.92 Å². The van der Waals surface area contributed by atoms with Crippen LogP contribution in [0.1, 0.15) is 27.6 Å². The summed E-state index contributed by atoms with van der Waals surface area (Å²) in [4.78, 5) is 33.1. The molecule has 2 amide bonds. The lowest BCUT2D eigenvalue weighted by molar-refractivity contribution is -0.172. The van der Waals surface area contributed by atoms with E-state index in [1.165, 1.54) is 24.3 Å². The Labute approximate surface area is 96.2 Å². The Hall–Kier alpha value is -2.41. The van der Waals surface area contributed by atoms with Crippen LogP contribution in [0.15, 0.2) is 24.3 Å². The first-order valence-corrected chi connectivity index (χ1v) is 4.56. The van der Waals surface area contributed by atoms with E-state index >= 15 is 0 Å². The Kier molecular flexibility index (Phi) is 3.78. The third-order valence-electron chi connectivity index (χ3n) is 1.91. The molecule has 0 fully saturated rings. The highest BCUT2D eigenvalue weighted by Crippen LogP contribution is 2.08. The number of hydroxylamine groups is 1. The lowest BCUT2D eigenvalue weighted by Gasteiger charge is -2.14. The van der Waals surface area contributed by atoms with Crippen molar-refractivity contribution in [1.82, 2.24) is 10.6 Å². The van der Waals surface area contributed by atoms with Gasteiger partial charge in [-0.25, -0.2) is 10.2 Å². The molecule has 17 heavy (non-hydrogen) atoms. The lowest BCUT2D eigenvalue weighted by atomic mass is 10.1. The van der Waals surface area contributed by atoms with Crippen LogP contribution in [0.2, 0.25) is 0 Å². The number of nitrogens with one attached hydrogen (secondary N) is 1. The second-order valence-electron chi connectivity index (χ2n) is 3.12. The summed E-state index contributed by atoms with van der Waals surface area (Å²) in [6.07, 6.45) is 0. The lowest BCUT2D eigenvalue weighted by Crippen LogP contribution is -2.43. The fourth-order valence-corrected chi connectivity index (χ4v) is 1.10. The van der Waals surface area contributed by atoms with Crippen molar-refractivity contribution >= 4 is 17.8 Å². The van der Waals surface area contributed by atoms with Crippen molar-refractivity contribution in [3.8, 4) is 0 Å². The summed E-state index contributed by atoms with van der Waals surface area (Å²) in [5.74, 6) is -2.96. The summed E-state index contributed by atoms with van der Waals surface area (Å²) >= 11 is 0. The number of hydrogen-bond acceptors (Lipinski definition) is 4. The summed E-state index contributed by atoms with van der Waals surface area (Å²) in [6, 6.07) is 5.44. The Morgan fingerprint density at radius 2 is 1.71 bits per heavy atom. The molecule has 0 spiro atoms. The van der Waals surface area contributed by atoms with E-state index in [1.54, 1.807) is 0 Å². The molecule has 7 nitrogen and oxygen atoms in total. The Morgan fingerprint density at radius 3 is 2.18 bits per heavy atom. The van der Waals surface area contributed by atoms with Crippen molar-refractivity contribution in [3.05, 3.63) is 35.4 Å². The number of carbonyl (C=O) groups excluding carboxylic acids is 2. The third kappa shape index (κ3) is 3.02. The van der Waals surface area contributed by atoms with Crippen molar-refractivity contribution in [2.45, 2.75) is 6.92 Å². The predicted molar refractivity (Wildman–Crippen MR) is 55.2 cm³/mol. The first-order chi connectivity index (χ1) is 7.93. The van der Waals surface area contributed by atoms with E-state index in [2.05, 4.69) is 0 Å². The Balaban J connectivity index is 2.97. The Bertz CT molecular complexity index is 472. The molecule has 0 bridgehead atoms. The molecule has 0 unspecified atom stereocenters. The zero-order valence-electron chi connectivity index (χ0n) is 8.88. The number of hydrogen-bond donors (Lipinski definition) is 3. The maximum atomic E-state index is 11.6. The topological polar surface area (TPSA) is 107 Å². The zero-order valence-corrected chi connectivity index (χ0v) is 8.88. The summed E-state index contributed by atoms with van der Waals surface area (Å²) in [5, 5.41) is 17.8. The first-order valence-electron chi connectivity index (χ1n) is 4.56. The number of benzene rings is 1. The van der Waals surface area contributed by atoms with Gasteiger partial charge in [-0.1, -0.05) is 12.1 Å². The fraction of sp³-hybridized carbons (Fsp3) is 0.100. The molecule has 1 aromatic carbocycles. The van der Waals surface area contributed by atoms with Gasteiger partial charge < -0.3 is 5.11 Å². The molecule has 90 valence electrons. The van der Waals surface area contributed by atoms with Gasteiger partial charge in [-0.3, -0.25) is 14.8 Å². The van der Waals surface area contributed by atoms with Gasteiger partial charge in [0, 0.05) is 6.92 Å². The molecule has 1 aromatic rings. The van der Waals surface area contributed by atoms with Crippen LogP contribution in [0.4, 0.5) is 0 Å². The standard InChI is InChI=1S/C10H10N2O5/c1-6(13)12(17)11-9(14)7-4-2-3-5-8(7)10(15)16/h2-5,17H,1H3,(H,11,14)(H,15,16). The number of carboxylic acids is 1. The van der Waals surface area contributed by atoms with Gasteiger partial charge in [0.15, 0.2) is 0 Å². The smallest absolute Gasteiger partial charge is 0.336 e. The number of hydrazine groups is 1.